The lowest BCUT2D eigenvalue weighted by Crippen LogP contribution is -2.57. The molecular weight excluding hydrogens is 383 g/mol. The monoisotopic (exact) mass is 418 g/mol. The SMILES string of the molecule is CCOC(=O)N1CCC(N2CCCC(N3CCN(c4ccccc4F)CC3)C2)CC1. The quantitative estimate of drug-likeness (QED) is 0.752. The summed E-state index contributed by atoms with van der Waals surface area (Å²) >= 11 is 0. The number of para-hydroxylation sites is 1. The van der Waals surface area contributed by atoms with E-state index in [1.807, 2.05) is 24.0 Å². The predicted octanol–water partition coefficient (Wildman–Crippen LogP) is 3.03. The fourth-order valence-corrected chi connectivity index (χ4v) is 5.28. The summed E-state index contributed by atoms with van der Waals surface area (Å²) in [6.45, 7) is 9.93. The zero-order valence-electron chi connectivity index (χ0n) is 18.1. The molecule has 3 aliphatic rings. The summed E-state index contributed by atoms with van der Waals surface area (Å²) < 4.78 is 19.3. The van der Waals surface area contributed by atoms with Crippen LogP contribution in [0.3, 0.4) is 0 Å². The van der Waals surface area contributed by atoms with E-state index in [9.17, 15) is 9.18 Å². The minimum absolute atomic E-state index is 0.121. The summed E-state index contributed by atoms with van der Waals surface area (Å²) in [7, 11) is 0. The molecule has 7 heteroatoms. The van der Waals surface area contributed by atoms with Gasteiger partial charge in [-0.1, -0.05) is 12.1 Å². The van der Waals surface area contributed by atoms with Crippen LogP contribution in [0.5, 0.6) is 0 Å². The first kappa shape index (κ1) is 21.4. The third-order valence-corrected chi connectivity index (χ3v) is 6.96. The van der Waals surface area contributed by atoms with Crippen LogP contribution >= 0.6 is 0 Å². The van der Waals surface area contributed by atoms with Crippen molar-refractivity contribution < 1.29 is 13.9 Å². The molecule has 3 heterocycles. The van der Waals surface area contributed by atoms with Crippen LogP contribution in [0.25, 0.3) is 0 Å². The van der Waals surface area contributed by atoms with Crippen LogP contribution in [0.2, 0.25) is 0 Å². The maximum Gasteiger partial charge on any atom is 0.409 e. The van der Waals surface area contributed by atoms with Gasteiger partial charge in [0.05, 0.1) is 12.3 Å². The van der Waals surface area contributed by atoms with Crippen molar-refractivity contribution in [1.29, 1.82) is 0 Å². The van der Waals surface area contributed by atoms with Crippen LogP contribution < -0.4 is 4.90 Å². The maximum absolute atomic E-state index is 14.1. The van der Waals surface area contributed by atoms with Gasteiger partial charge in [0, 0.05) is 57.9 Å². The van der Waals surface area contributed by atoms with E-state index < -0.39 is 0 Å². The Balaban J connectivity index is 1.26. The second-order valence-corrected chi connectivity index (χ2v) is 8.68. The summed E-state index contributed by atoms with van der Waals surface area (Å²) in [6, 6.07) is 8.26. The molecule has 3 saturated heterocycles. The lowest BCUT2D eigenvalue weighted by atomic mass is 9.97. The average molecular weight is 419 g/mol. The van der Waals surface area contributed by atoms with E-state index in [4.69, 9.17) is 4.74 Å². The highest BCUT2D eigenvalue weighted by atomic mass is 19.1. The molecule has 1 aromatic carbocycles. The Labute approximate surface area is 179 Å². The molecule has 0 bridgehead atoms. The molecule has 0 spiro atoms. The Morgan fingerprint density at radius 2 is 1.70 bits per heavy atom. The van der Waals surface area contributed by atoms with E-state index in [0.29, 0.717) is 18.7 Å². The number of carbonyl (C=O) groups excluding carboxylic acids is 1. The van der Waals surface area contributed by atoms with Crippen molar-refractivity contribution in [2.75, 3.05) is 63.9 Å². The third kappa shape index (κ3) is 4.89. The molecule has 6 nitrogen and oxygen atoms in total. The number of piperazine rings is 1. The number of carbonyl (C=O) groups is 1. The van der Waals surface area contributed by atoms with Crippen molar-refractivity contribution in [1.82, 2.24) is 14.7 Å². The summed E-state index contributed by atoms with van der Waals surface area (Å²) in [5.41, 5.74) is 0.732. The van der Waals surface area contributed by atoms with Gasteiger partial charge in [-0.3, -0.25) is 9.80 Å². The largest absolute Gasteiger partial charge is 0.450 e. The van der Waals surface area contributed by atoms with E-state index in [1.54, 1.807) is 12.1 Å². The van der Waals surface area contributed by atoms with Gasteiger partial charge in [0.2, 0.25) is 0 Å². The predicted molar refractivity (Wildman–Crippen MR) is 116 cm³/mol. The number of nitrogens with zero attached hydrogens (tertiary/aromatic N) is 4. The fourth-order valence-electron chi connectivity index (χ4n) is 5.28. The number of amides is 1. The smallest absolute Gasteiger partial charge is 0.409 e. The Morgan fingerprint density at radius 3 is 2.40 bits per heavy atom. The second-order valence-electron chi connectivity index (χ2n) is 8.68. The van der Waals surface area contributed by atoms with Crippen LogP contribution in [0.4, 0.5) is 14.9 Å². The average Bonchev–Trinajstić information content (AvgIpc) is 2.80. The molecule has 1 aromatic rings. The van der Waals surface area contributed by atoms with E-state index in [0.717, 1.165) is 70.9 Å². The molecule has 0 N–H and O–H groups in total. The van der Waals surface area contributed by atoms with Gasteiger partial charge in [-0.05, 0) is 51.3 Å². The highest BCUT2D eigenvalue weighted by Gasteiger charge is 2.33. The van der Waals surface area contributed by atoms with E-state index in [2.05, 4.69) is 14.7 Å². The van der Waals surface area contributed by atoms with Gasteiger partial charge in [-0.25, -0.2) is 9.18 Å². The number of piperidine rings is 2. The summed E-state index contributed by atoms with van der Waals surface area (Å²) in [6.07, 6.45) is 4.38. The highest BCUT2D eigenvalue weighted by molar-refractivity contribution is 5.67. The van der Waals surface area contributed by atoms with Crippen molar-refractivity contribution in [3.05, 3.63) is 30.1 Å². The van der Waals surface area contributed by atoms with Crippen molar-refractivity contribution in [2.45, 2.75) is 44.7 Å². The topological polar surface area (TPSA) is 39.3 Å². The number of likely N-dealkylation sites (tertiary alicyclic amines) is 2. The van der Waals surface area contributed by atoms with E-state index >= 15 is 0 Å². The number of benzene rings is 1. The number of halogens is 1. The first-order valence-corrected chi connectivity index (χ1v) is 11.5. The van der Waals surface area contributed by atoms with Crippen molar-refractivity contribution in [3.63, 3.8) is 0 Å². The first-order valence-electron chi connectivity index (χ1n) is 11.5. The Kier molecular flexibility index (Phi) is 7.10. The molecule has 3 fully saturated rings. The Bertz CT molecular complexity index is 702. The lowest BCUT2D eigenvalue weighted by molar-refractivity contribution is 0.0375. The zero-order chi connectivity index (χ0) is 20.9. The van der Waals surface area contributed by atoms with Crippen LogP contribution in [-0.2, 0) is 4.74 Å². The van der Waals surface area contributed by atoms with E-state index in [1.165, 1.54) is 12.8 Å². The van der Waals surface area contributed by atoms with Crippen molar-refractivity contribution in [3.8, 4) is 0 Å². The molecule has 0 radical (unpaired) electrons. The molecule has 1 atom stereocenters. The summed E-state index contributed by atoms with van der Waals surface area (Å²) in [5, 5.41) is 0. The lowest BCUT2D eigenvalue weighted by Gasteiger charge is -2.47. The van der Waals surface area contributed by atoms with Crippen LogP contribution in [0.15, 0.2) is 24.3 Å². The molecule has 0 aromatic heterocycles. The van der Waals surface area contributed by atoms with E-state index in [-0.39, 0.29) is 11.9 Å². The second kappa shape index (κ2) is 9.96. The number of anilines is 1. The van der Waals surface area contributed by atoms with Crippen LogP contribution in [0, 0.1) is 5.82 Å². The molecular formula is C23H35FN4O2. The van der Waals surface area contributed by atoms with Gasteiger partial charge in [0.15, 0.2) is 0 Å². The molecule has 0 saturated carbocycles. The number of ether oxygens (including phenoxy) is 1. The first-order chi connectivity index (χ1) is 14.7. The van der Waals surface area contributed by atoms with Gasteiger partial charge in [-0.15, -0.1) is 0 Å². The van der Waals surface area contributed by atoms with Crippen molar-refractivity contribution in [2.24, 2.45) is 0 Å². The highest BCUT2D eigenvalue weighted by Crippen LogP contribution is 2.26. The maximum atomic E-state index is 14.1. The molecule has 1 unspecified atom stereocenters. The number of hydrogen-bond donors (Lipinski definition) is 0. The minimum atomic E-state index is -0.166. The third-order valence-electron chi connectivity index (χ3n) is 6.96. The molecule has 1 amide bonds. The zero-order valence-corrected chi connectivity index (χ0v) is 18.1. The van der Waals surface area contributed by atoms with Crippen LogP contribution in [0.1, 0.15) is 32.6 Å². The van der Waals surface area contributed by atoms with Crippen molar-refractivity contribution >= 4 is 11.8 Å². The Hall–Kier alpha value is -1.86. The normalized spacial score (nSPS) is 24.8. The fraction of sp³-hybridized carbons (Fsp3) is 0.696. The minimum Gasteiger partial charge on any atom is -0.450 e. The summed E-state index contributed by atoms with van der Waals surface area (Å²) in [4.78, 5) is 21.2. The Morgan fingerprint density at radius 1 is 0.967 bits per heavy atom. The molecule has 3 aliphatic heterocycles. The standard InChI is InChI=1S/C23H35FN4O2/c1-2-30-23(29)27-12-9-19(10-13-27)28-11-5-6-20(18-28)25-14-16-26(17-15-25)22-8-4-3-7-21(22)24/h3-4,7-8,19-20H,2,5-6,9-18H2,1H3. The van der Waals surface area contributed by atoms with Gasteiger partial charge >= 0.3 is 6.09 Å². The molecule has 166 valence electrons. The summed E-state index contributed by atoms with van der Waals surface area (Å²) in [5.74, 6) is -0.121. The molecule has 4 rings (SSSR count). The van der Waals surface area contributed by atoms with Gasteiger partial charge in [0.1, 0.15) is 5.82 Å². The molecule has 0 aliphatic carbocycles. The van der Waals surface area contributed by atoms with Gasteiger partial charge in [-0.2, -0.15) is 0 Å². The number of hydrogen-bond acceptors (Lipinski definition) is 5. The number of rotatable bonds is 4. The molecule has 30 heavy (non-hydrogen) atoms. The van der Waals surface area contributed by atoms with Crippen LogP contribution in [-0.4, -0.2) is 91.8 Å². The van der Waals surface area contributed by atoms with Gasteiger partial charge in [0.25, 0.3) is 0 Å². The van der Waals surface area contributed by atoms with Gasteiger partial charge < -0.3 is 14.5 Å².